The van der Waals surface area contributed by atoms with Crippen molar-refractivity contribution >= 4 is 46.6 Å². The van der Waals surface area contributed by atoms with Gasteiger partial charge >= 0.3 is 0 Å². The van der Waals surface area contributed by atoms with Crippen LogP contribution in [0.15, 0.2) is 78.0 Å². The van der Waals surface area contributed by atoms with E-state index in [2.05, 4.69) is 15.5 Å². The predicted molar refractivity (Wildman–Crippen MR) is 128 cm³/mol. The van der Waals surface area contributed by atoms with Gasteiger partial charge in [-0.25, -0.2) is 4.68 Å². The maximum Gasteiger partial charge on any atom is 0.234 e. The summed E-state index contributed by atoms with van der Waals surface area (Å²) in [5.41, 5.74) is 1.15. The molecule has 0 fully saturated rings. The van der Waals surface area contributed by atoms with Crippen LogP contribution in [0.5, 0.6) is 11.5 Å². The Bertz CT molecular complexity index is 1250. The number of nitrogen functional groups attached to an aromatic ring is 1. The Morgan fingerprint density at radius 3 is 2.56 bits per heavy atom. The van der Waals surface area contributed by atoms with Gasteiger partial charge < -0.3 is 15.9 Å². The van der Waals surface area contributed by atoms with Crippen LogP contribution in [0.2, 0.25) is 10.0 Å². The molecule has 7 nitrogen and oxygen atoms in total. The molecule has 0 aliphatic heterocycles. The zero-order valence-corrected chi connectivity index (χ0v) is 18.9. The van der Waals surface area contributed by atoms with E-state index in [1.165, 1.54) is 4.68 Å². The molecule has 162 valence electrons. The van der Waals surface area contributed by atoms with Crippen molar-refractivity contribution in [3.63, 3.8) is 0 Å². The molecule has 0 aliphatic carbocycles. The van der Waals surface area contributed by atoms with E-state index in [1.807, 2.05) is 42.5 Å². The summed E-state index contributed by atoms with van der Waals surface area (Å²) in [4.78, 5) is 12.5. The van der Waals surface area contributed by atoms with Gasteiger partial charge in [0.2, 0.25) is 11.1 Å². The Labute approximate surface area is 198 Å². The van der Waals surface area contributed by atoms with Crippen LogP contribution in [0.3, 0.4) is 0 Å². The number of carbonyl (C=O) groups is 1. The normalized spacial score (nSPS) is 10.7. The molecule has 3 aromatic carbocycles. The van der Waals surface area contributed by atoms with Crippen molar-refractivity contribution in [3.8, 4) is 22.9 Å². The van der Waals surface area contributed by atoms with Crippen molar-refractivity contribution in [1.29, 1.82) is 0 Å². The molecule has 1 heterocycles. The molecule has 10 heteroatoms. The van der Waals surface area contributed by atoms with E-state index in [0.29, 0.717) is 43.8 Å². The van der Waals surface area contributed by atoms with Crippen LogP contribution < -0.4 is 15.9 Å². The van der Waals surface area contributed by atoms with E-state index in [-0.39, 0.29) is 11.7 Å². The number of hydrogen-bond acceptors (Lipinski definition) is 6. The number of thioether (sulfide) groups is 1. The summed E-state index contributed by atoms with van der Waals surface area (Å²) in [7, 11) is 0. The molecule has 4 aromatic rings. The first kappa shape index (κ1) is 22.0. The standard InChI is InChI=1S/C22H17Cl2N5O2S/c23-14-10-11-16(17(24)12-14)21-27-28-22(29(21)25)32-13-20(30)26-18-8-4-5-9-19(18)31-15-6-2-1-3-7-15/h1-12H,13,25H2,(H,26,30). The van der Waals surface area contributed by atoms with Gasteiger partial charge in [0.25, 0.3) is 0 Å². The minimum absolute atomic E-state index is 0.0728. The second kappa shape index (κ2) is 9.95. The summed E-state index contributed by atoms with van der Waals surface area (Å²) in [6, 6.07) is 21.5. The fourth-order valence-electron chi connectivity index (χ4n) is 2.82. The minimum atomic E-state index is -0.242. The maximum atomic E-state index is 12.5. The molecular formula is C22H17Cl2N5O2S. The quantitative estimate of drug-likeness (QED) is 0.265. The highest BCUT2D eigenvalue weighted by Gasteiger charge is 2.17. The van der Waals surface area contributed by atoms with Crippen molar-refractivity contribution < 1.29 is 9.53 Å². The number of ether oxygens (including phenoxy) is 1. The van der Waals surface area contributed by atoms with Gasteiger partial charge in [0.15, 0.2) is 11.6 Å². The van der Waals surface area contributed by atoms with Crippen LogP contribution >= 0.6 is 35.0 Å². The zero-order valence-electron chi connectivity index (χ0n) is 16.5. The Morgan fingerprint density at radius 1 is 1.03 bits per heavy atom. The summed E-state index contributed by atoms with van der Waals surface area (Å²) in [5, 5.41) is 12.3. The van der Waals surface area contributed by atoms with E-state index in [4.69, 9.17) is 33.8 Å². The molecule has 32 heavy (non-hydrogen) atoms. The number of benzene rings is 3. The number of para-hydroxylation sites is 3. The lowest BCUT2D eigenvalue weighted by Crippen LogP contribution is -2.16. The smallest absolute Gasteiger partial charge is 0.234 e. The molecule has 0 spiro atoms. The van der Waals surface area contributed by atoms with Gasteiger partial charge in [0.1, 0.15) is 5.75 Å². The molecule has 4 rings (SSSR count). The van der Waals surface area contributed by atoms with Gasteiger partial charge in [-0.15, -0.1) is 10.2 Å². The summed E-state index contributed by atoms with van der Waals surface area (Å²) in [6.45, 7) is 0. The van der Waals surface area contributed by atoms with Crippen LogP contribution in [0.1, 0.15) is 0 Å². The monoisotopic (exact) mass is 485 g/mol. The largest absolute Gasteiger partial charge is 0.455 e. The lowest BCUT2D eigenvalue weighted by atomic mass is 10.2. The summed E-state index contributed by atoms with van der Waals surface area (Å²) in [5.74, 6) is 7.54. The third-order valence-corrected chi connectivity index (χ3v) is 5.79. The number of nitrogens with zero attached hydrogens (tertiary/aromatic N) is 3. The van der Waals surface area contributed by atoms with Crippen LogP contribution in [-0.2, 0) is 4.79 Å². The number of nitrogens with two attached hydrogens (primary N) is 1. The topological polar surface area (TPSA) is 95.1 Å². The van der Waals surface area contributed by atoms with Crippen molar-refractivity contribution in [1.82, 2.24) is 14.9 Å². The highest BCUT2D eigenvalue weighted by molar-refractivity contribution is 7.99. The molecule has 0 bridgehead atoms. The van der Waals surface area contributed by atoms with Gasteiger partial charge in [-0.05, 0) is 42.5 Å². The van der Waals surface area contributed by atoms with Gasteiger partial charge in [-0.2, -0.15) is 0 Å². The summed E-state index contributed by atoms with van der Waals surface area (Å²) in [6.07, 6.45) is 0. The highest BCUT2D eigenvalue weighted by Crippen LogP contribution is 2.31. The highest BCUT2D eigenvalue weighted by atomic mass is 35.5. The number of carbonyl (C=O) groups excluding carboxylic acids is 1. The van der Waals surface area contributed by atoms with E-state index < -0.39 is 0 Å². The number of aromatic nitrogens is 3. The second-order valence-electron chi connectivity index (χ2n) is 6.55. The Balaban J connectivity index is 1.42. The number of nitrogens with one attached hydrogen (secondary N) is 1. The lowest BCUT2D eigenvalue weighted by molar-refractivity contribution is -0.113. The fourth-order valence-corrected chi connectivity index (χ4v) is 3.97. The number of hydrogen-bond donors (Lipinski definition) is 2. The van der Waals surface area contributed by atoms with Crippen LogP contribution in [0.4, 0.5) is 5.69 Å². The summed E-state index contributed by atoms with van der Waals surface area (Å²) < 4.78 is 7.17. The second-order valence-corrected chi connectivity index (χ2v) is 8.33. The number of amides is 1. The van der Waals surface area contributed by atoms with Crippen molar-refractivity contribution in [2.45, 2.75) is 5.16 Å². The number of anilines is 1. The SMILES string of the molecule is Nn1c(SCC(=O)Nc2ccccc2Oc2ccccc2)nnc1-c1ccc(Cl)cc1Cl. The number of rotatable bonds is 7. The van der Waals surface area contributed by atoms with E-state index in [1.54, 1.807) is 30.3 Å². The Hall–Kier alpha value is -3.20. The molecule has 0 aliphatic rings. The molecule has 1 aromatic heterocycles. The molecule has 3 N–H and O–H groups in total. The Kier molecular flexibility index (Phi) is 6.84. The van der Waals surface area contributed by atoms with Gasteiger partial charge in [0, 0.05) is 10.6 Å². The van der Waals surface area contributed by atoms with Crippen LogP contribution in [0, 0.1) is 0 Å². The maximum absolute atomic E-state index is 12.5. The molecule has 0 saturated carbocycles. The van der Waals surface area contributed by atoms with E-state index in [0.717, 1.165) is 11.8 Å². The van der Waals surface area contributed by atoms with Crippen LogP contribution in [-0.4, -0.2) is 26.5 Å². The number of halogens is 2. The molecule has 0 saturated heterocycles. The summed E-state index contributed by atoms with van der Waals surface area (Å²) >= 11 is 13.3. The molecule has 0 atom stereocenters. The minimum Gasteiger partial charge on any atom is -0.455 e. The van der Waals surface area contributed by atoms with Crippen molar-refractivity contribution in [3.05, 3.63) is 82.8 Å². The average molecular weight is 486 g/mol. The third-order valence-electron chi connectivity index (χ3n) is 4.30. The van der Waals surface area contributed by atoms with E-state index >= 15 is 0 Å². The van der Waals surface area contributed by atoms with Crippen molar-refractivity contribution in [2.75, 3.05) is 16.9 Å². The first-order chi connectivity index (χ1) is 15.5. The predicted octanol–water partition coefficient (Wildman–Crippen LogP) is 5.49. The van der Waals surface area contributed by atoms with E-state index in [9.17, 15) is 4.79 Å². The van der Waals surface area contributed by atoms with Crippen LogP contribution in [0.25, 0.3) is 11.4 Å². The molecule has 1 amide bonds. The molecule has 0 unspecified atom stereocenters. The Morgan fingerprint density at radius 2 is 1.78 bits per heavy atom. The third kappa shape index (κ3) is 5.16. The first-order valence-corrected chi connectivity index (χ1v) is 11.2. The zero-order chi connectivity index (χ0) is 22.5. The fraction of sp³-hybridized carbons (Fsp3) is 0.0455. The van der Waals surface area contributed by atoms with Crippen molar-refractivity contribution in [2.24, 2.45) is 0 Å². The lowest BCUT2D eigenvalue weighted by Gasteiger charge is -2.12. The van der Waals surface area contributed by atoms with Gasteiger partial charge in [0.05, 0.1) is 16.5 Å². The first-order valence-electron chi connectivity index (χ1n) is 9.42. The van der Waals surface area contributed by atoms with Gasteiger partial charge in [-0.3, -0.25) is 4.79 Å². The molecular weight excluding hydrogens is 469 g/mol. The molecule has 0 radical (unpaired) electrons. The average Bonchev–Trinajstić information content (AvgIpc) is 3.14. The van der Waals surface area contributed by atoms with Gasteiger partial charge in [-0.1, -0.05) is 65.3 Å².